The Kier molecular flexibility index (Phi) is 6.29. The van der Waals surface area contributed by atoms with E-state index in [1.54, 1.807) is 24.3 Å². The smallest absolute Gasteiger partial charge is 0.324 e. The van der Waals surface area contributed by atoms with Crippen molar-refractivity contribution in [3.8, 4) is 0 Å². The summed E-state index contributed by atoms with van der Waals surface area (Å²) in [5.74, 6) is -0.0195. The highest BCUT2D eigenvalue weighted by Gasteiger charge is 2.28. The lowest BCUT2D eigenvalue weighted by Crippen LogP contribution is -2.32. The van der Waals surface area contributed by atoms with Gasteiger partial charge >= 0.3 is 6.03 Å². The van der Waals surface area contributed by atoms with Crippen molar-refractivity contribution in [1.29, 1.82) is 0 Å². The third-order valence-electron chi connectivity index (χ3n) is 5.01. The van der Waals surface area contributed by atoms with E-state index in [1.807, 2.05) is 12.1 Å². The number of amides is 4. The van der Waals surface area contributed by atoms with Crippen molar-refractivity contribution in [3.63, 3.8) is 0 Å². The van der Waals surface area contributed by atoms with E-state index in [1.165, 1.54) is 5.56 Å². The van der Waals surface area contributed by atoms with E-state index in [0.717, 1.165) is 16.0 Å². The number of carbonyl (C=O) groups excluding carboxylic acids is 3. The van der Waals surface area contributed by atoms with Gasteiger partial charge in [0.15, 0.2) is 0 Å². The maximum Gasteiger partial charge on any atom is 0.324 e. The van der Waals surface area contributed by atoms with Gasteiger partial charge in [-0.15, -0.1) is 0 Å². The van der Waals surface area contributed by atoms with Gasteiger partial charge in [-0.1, -0.05) is 50.2 Å². The van der Waals surface area contributed by atoms with Crippen LogP contribution in [-0.4, -0.2) is 35.8 Å². The lowest BCUT2D eigenvalue weighted by atomic mass is 9.99. The van der Waals surface area contributed by atoms with Crippen molar-refractivity contribution < 1.29 is 14.4 Å². The predicted octanol–water partition coefficient (Wildman–Crippen LogP) is 2.29. The molecule has 0 saturated carbocycles. The molecule has 0 spiro atoms. The van der Waals surface area contributed by atoms with Gasteiger partial charge < -0.3 is 16.4 Å². The van der Waals surface area contributed by atoms with Crippen LogP contribution >= 0.6 is 0 Å². The highest BCUT2D eigenvalue weighted by molar-refractivity contribution is 6.01. The summed E-state index contributed by atoms with van der Waals surface area (Å²) in [6.45, 7) is 4.81. The molecule has 1 aliphatic rings. The number of hydrogen-bond donors (Lipinski definition) is 3. The van der Waals surface area contributed by atoms with Gasteiger partial charge in [0, 0.05) is 18.2 Å². The van der Waals surface area contributed by atoms with Crippen LogP contribution < -0.4 is 16.4 Å². The second kappa shape index (κ2) is 8.87. The molecule has 1 aliphatic heterocycles. The van der Waals surface area contributed by atoms with Crippen LogP contribution in [0.5, 0.6) is 0 Å². The van der Waals surface area contributed by atoms with Crippen molar-refractivity contribution in [2.24, 2.45) is 5.73 Å². The molecule has 4 N–H and O–H groups in total. The van der Waals surface area contributed by atoms with E-state index < -0.39 is 6.03 Å². The first-order valence-corrected chi connectivity index (χ1v) is 9.66. The normalized spacial score (nSPS) is 14.8. The molecule has 4 amide bonds. The Labute approximate surface area is 170 Å². The molecule has 0 aliphatic carbocycles. The lowest BCUT2D eigenvalue weighted by Gasteiger charge is -2.15. The maximum absolute atomic E-state index is 12.4. The second-order valence-corrected chi connectivity index (χ2v) is 7.47. The predicted molar refractivity (Wildman–Crippen MR) is 110 cm³/mol. The van der Waals surface area contributed by atoms with E-state index in [-0.39, 0.29) is 30.9 Å². The Morgan fingerprint density at radius 3 is 2.24 bits per heavy atom. The van der Waals surface area contributed by atoms with Crippen molar-refractivity contribution >= 4 is 17.8 Å². The molecule has 1 atom stereocenters. The van der Waals surface area contributed by atoms with E-state index in [4.69, 9.17) is 5.73 Å². The number of nitrogens with zero attached hydrogens (tertiary/aromatic N) is 1. The molecule has 0 bridgehead atoms. The zero-order valence-electron chi connectivity index (χ0n) is 16.6. The fourth-order valence-corrected chi connectivity index (χ4v) is 3.11. The first-order chi connectivity index (χ1) is 13.8. The number of carbonyl (C=O) groups is 3. The molecule has 1 saturated heterocycles. The molecule has 7 heteroatoms. The second-order valence-electron chi connectivity index (χ2n) is 7.47. The topological polar surface area (TPSA) is 105 Å². The third kappa shape index (κ3) is 5.00. The molecule has 2 aromatic carbocycles. The standard InChI is InChI=1S/C22H26N4O3/c1-14(2)16-7-9-17(10-8-16)19(23)11-24-21(28)18-5-3-15(4-6-18)13-26-20(27)12-25-22(26)29/h3-10,14,19H,11-13,23H2,1-2H3,(H,24,28)(H,25,29). The fraction of sp³-hybridized carbons (Fsp3) is 0.318. The van der Waals surface area contributed by atoms with Crippen LogP contribution in [0.25, 0.3) is 0 Å². The van der Waals surface area contributed by atoms with Crippen LogP contribution in [0.3, 0.4) is 0 Å². The molecule has 0 aromatic heterocycles. The molecule has 1 unspecified atom stereocenters. The van der Waals surface area contributed by atoms with Gasteiger partial charge in [0.1, 0.15) is 0 Å². The SMILES string of the molecule is CC(C)c1ccc(C(N)CNC(=O)c2ccc(CN3C(=O)CNC3=O)cc2)cc1. The monoisotopic (exact) mass is 394 g/mol. The number of urea groups is 1. The molecular formula is C22H26N4O3. The summed E-state index contributed by atoms with van der Waals surface area (Å²) < 4.78 is 0. The summed E-state index contributed by atoms with van der Waals surface area (Å²) in [5, 5.41) is 5.33. The molecule has 2 aromatic rings. The summed E-state index contributed by atoms with van der Waals surface area (Å²) in [6.07, 6.45) is 0. The minimum Gasteiger partial charge on any atom is -0.350 e. The Morgan fingerprint density at radius 2 is 1.69 bits per heavy atom. The molecule has 152 valence electrons. The number of nitrogens with two attached hydrogens (primary N) is 1. The van der Waals surface area contributed by atoms with E-state index >= 15 is 0 Å². The van der Waals surface area contributed by atoms with Gasteiger partial charge in [0.25, 0.3) is 5.91 Å². The van der Waals surface area contributed by atoms with Crippen molar-refractivity contribution in [1.82, 2.24) is 15.5 Å². The zero-order chi connectivity index (χ0) is 21.0. The lowest BCUT2D eigenvalue weighted by molar-refractivity contribution is -0.125. The first-order valence-electron chi connectivity index (χ1n) is 9.66. The fourth-order valence-electron chi connectivity index (χ4n) is 3.11. The first kappa shape index (κ1) is 20.5. The van der Waals surface area contributed by atoms with Crippen LogP contribution in [0.4, 0.5) is 4.79 Å². The summed E-state index contributed by atoms with van der Waals surface area (Å²) in [4.78, 5) is 36.8. The average molecular weight is 394 g/mol. The molecular weight excluding hydrogens is 368 g/mol. The number of nitrogens with one attached hydrogen (secondary N) is 2. The number of rotatable bonds is 7. The van der Waals surface area contributed by atoms with E-state index in [2.05, 4.69) is 36.6 Å². The highest BCUT2D eigenvalue weighted by atomic mass is 16.2. The van der Waals surface area contributed by atoms with Crippen LogP contribution in [0.2, 0.25) is 0 Å². The summed E-state index contributed by atoms with van der Waals surface area (Å²) >= 11 is 0. The van der Waals surface area contributed by atoms with Gasteiger partial charge in [-0.2, -0.15) is 0 Å². The van der Waals surface area contributed by atoms with E-state index in [9.17, 15) is 14.4 Å². The number of benzene rings is 2. The Balaban J connectivity index is 1.53. The third-order valence-corrected chi connectivity index (χ3v) is 5.01. The minimum absolute atomic E-state index is 0.0276. The van der Waals surface area contributed by atoms with Crippen LogP contribution in [-0.2, 0) is 11.3 Å². The largest absolute Gasteiger partial charge is 0.350 e. The van der Waals surface area contributed by atoms with Crippen LogP contribution in [0.1, 0.15) is 52.9 Å². The van der Waals surface area contributed by atoms with Crippen molar-refractivity contribution in [2.45, 2.75) is 32.4 Å². The molecule has 7 nitrogen and oxygen atoms in total. The zero-order valence-corrected chi connectivity index (χ0v) is 16.6. The Morgan fingerprint density at radius 1 is 1.07 bits per heavy atom. The quantitative estimate of drug-likeness (QED) is 0.627. The van der Waals surface area contributed by atoms with Crippen LogP contribution in [0, 0.1) is 0 Å². The molecule has 3 rings (SSSR count). The minimum atomic E-state index is -0.396. The van der Waals surface area contributed by atoms with Crippen LogP contribution in [0.15, 0.2) is 48.5 Å². The van der Waals surface area contributed by atoms with E-state index in [0.29, 0.717) is 18.0 Å². The summed E-state index contributed by atoms with van der Waals surface area (Å²) in [6, 6.07) is 14.2. The number of imide groups is 1. The van der Waals surface area contributed by atoms with Crippen molar-refractivity contribution in [3.05, 3.63) is 70.8 Å². The van der Waals surface area contributed by atoms with Crippen molar-refractivity contribution in [2.75, 3.05) is 13.1 Å². The average Bonchev–Trinajstić information content (AvgIpc) is 3.04. The van der Waals surface area contributed by atoms with Gasteiger partial charge in [-0.25, -0.2) is 4.79 Å². The summed E-state index contributed by atoms with van der Waals surface area (Å²) in [5.41, 5.74) is 9.68. The van der Waals surface area contributed by atoms with Gasteiger partial charge in [-0.3, -0.25) is 14.5 Å². The summed E-state index contributed by atoms with van der Waals surface area (Å²) in [7, 11) is 0. The highest BCUT2D eigenvalue weighted by Crippen LogP contribution is 2.17. The number of hydrogen-bond acceptors (Lipinski definition) is 4. The molecule has 0 radical (unpaired) electrons. The Hall–Kier alpha value is -3.19. The molecule has 1 fully saturated rings. The maximum atomic E-state index is 12.4. The Bertz CT molecular complexity index is 875. The van der Waals surface area contributed by atoms with Gasteiger partial charge in [-0.05, 0) is 34.7 Å². The molecule has 1 heterocycles. The van der Waals surface area contributed by atoms with Gasteiger partial charge in [0.2, 0.25) is 5.91 Å². The van der Waals surface area contributed by atoms with Gasteiger partial charge in [0.05, 0.1) is 13.1 Å². The molecule has 29 heavy (non-hydrogen) atoms.